The zero-order chi connectivity index (χ0) is 34.0. The molecule has 1 aliphatic heterocycles. The average Bonchev–Trinajstić information content (AvgIpc) is 3.77. The summed E-state index contributed by atoms with van der Waals surface area (Å²) in [5.74, 6) is -0.824. The summed E-state index contributed by atoms with van der Waals surface area (Å²) >= 11 is 1.51. The van der Waals surface area contributed by atoms with E-state index in [1.165, 1.54) is 11.3 Å². The maximum absolute atomic E-state index is 14.0. The highest BCUT2D eigenvalue weighted by Gasteiger charge is 2.42. The number of nitrogens with one attached hydrogen (secondary N) is 1. The molecule has 46 heavy (non-hydrogen) atoms. The lowest BCUT2D eigenvalue weighted by atomic mass is 9.89. The first-order valence-electron chi connectivity index (χ1n) is 16.6. The molecule has 3 rings (SSSR count). The molecule has 2 aromatic rings. The minimum Gasteiger partial charge on any atom is -0.379 e. The third-order valence-electron chi connectivity index (χ3n) is 9.61. The molecule has 1 unspecified atom stereocenters. The predicted molar refractivity (Wildman–Crippen MR) is 182 cm³/mol. The Kier molecular flexibility index (Phi) is 14.6. The number of nitrogens with two attached hydrogens (primary N) is 1. The summed E-state index contributed by atoms with van der Waals surface area (Å²) in [5, 5.41) is 5.98. The number of hydrogen-bond acceptors (Lipinski definition) is 8. The Hall–Kier alpha value is -2.86. The van der Waals surface area contributed by atoms with Gasteiger partial charge in [-0.2, -0.15) is 0 Å². The van der Waals surface area contributed by atoms with Crippen molar-refractivity contribution in [3.8, 4) is 0 Å². The molecule has 0 spiro atoms. The molecule has 0 radical (unpaired) electrons. The standard InChI is InChI=1S/C35H55N5O5S/c1-9-23(4)31(39(6)35(43)30(36)22(2)3)28(44-7)21-29(41)40-18-13-16-27(40)32(45-8)24(5)33(42)38-26(34-37-17-19-46-34)20-25-14-11-10-12-15-25/h10-12,14-15,17,19,22-24,26-28,30-32H,9,13,16,18,20-21,36H2,1-8H3,(H,38,42)/t23-,24+,26-,27-,28?,30-,31-,32+/m0/s1. The Morgan fingerprint density at radius 2 is 1.83 bits per heavy atom. The minimum absolute atomic E-state index is 0.0131. The van der Waals surface area contributed by atoms with E-state index in [-0.39, 0.29) is 54.1 Å². The molecule has 1 aromatic carbocycles. The monoisotopic (exact) mass is 657 g/mol. The zero-order valence-electron chi connectivity index (χ0n) is 28.8. The van der Waals surface area contributed by atoms with Crippen molar-refractivity contribution in [2.45, 2.75) is 103 Å². The molecule has 3 N–H and O–H groups in total. The molecule has 10 nitrogen and oxygen atoms in total. The first-order chi connectivity index (χ1) is 21.9. The van der Waals surface area contributed by atoms with Crippen LogP contribution in [0.5, 0.6) is 0 Å². The van der Waals surface area contributed by atoms with Crippen LogP contribution >= 0.6 is 11.3 Å². The summed E-state index contributed by atoms with van der Waals surface area (Å²) in [4.78, 5) is 49.0. The van der Waals surface area contributed by atoms with E-state index in [1.54, 1.807) is 32.4 Å². The maximum Gasteiger partial charge on any atom is 0.239 e. The lowest BCUT2D eigenvalue weighted by Crippen LogP contribution is -2.56. The fraction of sp³-hybridized carbons (Fsp3) is 0.657. The Morgan fingerprint density at radius 3 is 2.39 bits per heavy atom. The van der Waals surface area contributed by atoms with Crippen LogP contribution < -0.4 is 11.1 Å². The number of rotatable bonds is 17. The van der Waals surface area contributed by atoms with Gasteiger partial charge in [-0.25, -0.2) is 4.98 Å². The molecule has 1 fully saturated rings. The number of benzene rings is 1. The molecular weight excluding hydrogens is 602 g/mol. The first kappa shape index (κ1) is 37.6. The van der Waals surface area contributed by atoms with Gasteiger partial charge < -0.3 is 30.3 Å². The molecule has 256 valence electrons. The van der Waals surface area contributed by atoms with E-state index in [4.69, 9.17) is 15.2 Å². The van der Waals surface area contributed by atoms with Crippen LogP contribution in [0.4, 0.5) is 0 Å². The van der Waals surface area contributed by atoms with Gasteiger partial charge in [0.1, 0.15) is 5.01 Å². The van der Waals surface area contributed by atoms with E-state index in [0.717, 1.165) is 29.8 Å². The van der Waals surface area contributed by atoms with Gasteiger partial charge >= 0.3 is 0 Å². The van der Waals surface area contributed by atoms with E-state index in [2.05, 4.69) is 24.1 Å². The van der Waals surface area contributed by atoms with E-state index >= 15 is 0 Å². The second-order valence-corrected chi connectivity index (χ2v) is 13.9. The lowest BCUT2D eigenvalue weighted by molar-refractivity contribution is -0.146. The Labute approximate surface area is 279 Å². The van der Waals surface area contributed by atoms with Gasteiger partial charge in [0.25, 0.3) is 0 Å². The van der Waals surface area contributed by atoms with Crippen molar-refractivity contribution in [1.29, 1.82) is 0 Å². The smallest absolute Gasteiger partial charge is 0.239 e. The number of nitrogens with zero attached hydrogens (tertiary/aromatic N) is 3. The van der Waals surface area contributed by atoms with Gasteiger partial charge in [0.2, 0.25) is 17.7 Å². The van der Waals surface area contributed by atoms with Crippen molar-refractivity contribution < 1.29 is 23.9 Å². The van der Waals surface area contributed by atoms with Crippen molar-refractivity contribution in [3.05, 3.63) is 52.5 Å². The zero-order valence-corrected chi connectivity index (χ0v) is 29.7. The molecule has 1 aliphatic rings. The normalized spacial score (nSPS) is 19.6. The molecule has 2 heterocycles. The van der Waals surface area contributed by atoms with E-state index in [0.29, 0.717) is 13.0 Å². The predicted octanol–water partition coefficient (Wildman–Crippen LogP) is 4.45. The molecule has 1 saturated heterocycles. The van der Waals surface area contributed by atoms with Gasteiger partial charge in [-0.15, -0.1) is 11.3 Å². The number of aromatic nitrogens is 1. The van der Waals surface area contributed by atoms with Crippen LogP contribution in [0.2, 0.25) is 0 Å². The number of likely N-dealkylation sites (N-methyl/N-ethyl adjacent to an activating group) is 1. The number of thiazole rings is 1. The van der Waals surface area contributed by atoms with Crippen LogP contribution in [-0.4, -0.2) is 90.7 Å². The molecular formula is C35H55N5O5S. The molecule has 1 aromatic heterocycles. The first-order valence-corrected chi connectivity index (χ1v) is 17.4. The molecule has 8 atom stereocenters. The fourth-order valence-corrected chi connectivity index (χ4v) is 7.28. The molecule has 0 bridgehead atoms. The van der Waals surface area contributed by atoms with Crippen molar-refractivity contribution in [1.82, 2.24) is 20.1 Å². The van der Waals surface area contributed by atoms with Crippen molar-refractivity contribution >= 4 is 29.1 Å². The second kappa shape index (κ2) is 17.9. The third kappa shape index (κ3) is 9.36. The Bertz CT molecular complexity index is 1230. The Balaban J connectivity index is 1.75. The number of amides is 3. The summed E-state index contributed by atoms with van der Waals surface area (Å²) < 4.78 is 11.9. The Morgan fingerprint density at radius 1 is 1.13 bits per heavy atom. The highest BCUT2D eigenvalue weighted by Crippen LogP contribution is 2.30. The summed E-state index contributed by atoms with van der Waals surface area (Å²) in [6.07, 6.45) is 3.81. The van der Waals surface area contributed by atoms with E-state index < -0.39 is 24.2 Å². The number of ether oxygens (including phenoxy) is 2. The third-order valence-corrected chi connectivity index (χ3v) is 10.5. The van der Waals surface area contributed by atoms with Gasteiger partial charge in [-0.1, -0.05) is 71.4 Å². The van der Waals surface area contributed by atoms with Gasteiger partial charge in [-0.3, -0.25) is 14.4 Å². The topological polar surface area (TPSA) is 127 Å². The van der Waals surface area contributed by atoms with Crippen LogP contribution in [0.1, 0.15) is 76.9 Å². The summed E-state index contributed by atoms with van der Waals surface area (Å²) in [6, 6.07) is 8.53. The van der Waals surface area contributed by atoms with Gasteiger partial charge in [0.05, 0.1) is 48.7 Å². The van der Waals surface area contributed by atoms with Gasteiger partial charge in [0.15, 0.2) is 0 Å². The van der Waals surface area contributed by atoms with Gasteiger partial charge in [-0.05, 0) is 36.7 Å². The summed E-state index contributed by atoms with van der Waals surface area (Å²) in [7, 11) is 4.95. The van der Waals surface area contributed by atoms with Crippen LogP contribution in [-0.2, 0) is 30.3 Å². The molecule has 3 amide bonds. The van der Waals surface area contributed by atoms with Crippen molar-refractivity contribution in [2.75, 3.05) is 27.8 Å². The van der Waals surface area contributed by atoms with Crippen LogP contribution in [0.15, 0.2) is 41.9 Å². The SMILES string of the molecule is CC[C@H](C)[C@@H](C(CC(=O)N1CCC[C@H]1[C@H](OC)[C@@H](C)C(=O)N[C@@H](Cc1ccccc1)c1nccs1)OC)N(C)C(=O)[C@@H](N)C(C)C. The number of carbonyl (C=O) groups excluding carboxylic acids is 3. The fourth-order valence-electron chi connectivity index (χ4n) is 6.59. The quantitative estimate of drug-likeness (QED) is 0.258. The second-order valence-electron chi connectivity index (χ2n) is 13.0. The van der Waals surface area contributed by atoms with E-state index in [1.807, 2.05) is 61.4 Å². The van der Waals surface area contributed by atoms with Crippen LogP contribution in [0.3, 0.4) is 0 Å². The largest absolute Gasteiger partial charge is 0.379 e. The highest BCUT2D eigenvalue weighted by atomic mass is 32.1. The minimum atomic E-state index is -0.634. The van der Waals surface area contributed by atoms with Gasteiger partial charge in [0, 0.05) is 39.4 Å². The number of likely N-dealkylation sites (tertiary alicyclic amines) is 1. The number of methoxy groups -OCH3 is 2. The highest BCUT2D eigenvalue weighted by molar-refractivity contribution is 7.09. The van der Waals surface area contributed by atoms with Crippen molar-refractivity contribution in [2.24, 2.45) is 23.5 Å². The molecule has 0 saturated carbocycles. The number of hydrogen-bond donors (Lipinski definition) is 2. The molecule has 0 aliphatic carbocycles. The average molecular weight is 658 g/mol. The van der Waals surface area contributed by atoms with Crippen molar-refractivity contribution in [3.63, 3.8) is 0 Å². The summed E-state index contributed by atoms with van der Waals surface area (Å²) in [5.41, 5.74) is 7.35. The molecule has 11 heteroatoms. The van der Waals surface area contributed by atoms with Crippen LogP contribution in [0.25, 0.3) is 0 Å². The maximum atomic E-state index is 14.0. The lowest BCUT2D eigenvalue weighted by Gasteiger charge is -2.40. The summed E-state index contributed by atoms with van der Waals surface area (Å²) in [6.45, 7) is 10.4. The van der Waals surface area contributed by atoms with Crippen LogP contribution in [0, 0.1) is 17.8 Å². The number of carbonyl (C=O) groups is 3. The van der Waals surface area contributed by atoms with E-state index in [9.17, 15) is 14.4 Å².